The number of nitrogens with zero attached hydrogens (tertiary/aromatic N) is 3. The number of hydrogen-bond acceptors (Lipinski definition) is 4. The summed E-state index contributed by atoms with van der Waals surface area (Å²) >= 11 is 7.52. The van der Waals surface area contributed by atoms with Gasteiger partial charge >= 0.3 is 0 Å². The van der Waals surface area contributed by atoms with Gasteiger partial charge in [0, 0.05) is 34.7 Å². The lowest BCUT2D eigenvalue weighted by atomic mass is 10.2. The Bertz CT molecular complexity index is 656. The summed E-state index contributed by atoms with van der Waals surface area (Å²) in [6.45, 7) is 3.56. The van der Waals surface area contributed by atoms with Crippen LogP contribution in [0.3, 0.4) is 0 Å². The molecule has 1 aliphatic heterocycles. The van der Waals surface area contributed by atoms with Gasteiger partial charge in [-0.3, -0.25) is 0 Å². The normalized spacial score (nSPS) is 15.3. The molecule has 0 amide bonds. The molecule has 1 aliphatic rings. The second kappa shape index (κ2) is 8.81. The minimum atomic E-state index is 0. The fourth-order valence-corrected chi connectivity index (χ4v) is 3.13. The van der Waals surface area contributed by atoms with E-state index in [2.05, 4.69) is 9.98 Å². The smallest absolute Gasteiger partial charge is 0.191 e. The monoisotopic (exact) mass is 464 g/mol. The Balaban J connectivity index is 0.00000192. The van der Waals surface area contributed by atoms with Crippen LogP contribution in [0.5, 0.6) is 0 Å². The molecule has 1 fully saturated rings. The van der Waals surface area contributed by atoms with Gasteiger partial charge in [-0.2, -0.15) is 0 Å². The van der Waals surface area contributed by atoms with Gasteiger partial charge in [-0.25, -0.2) is 9.98 Å². The van der Waals surface area contributed by atoms with Crippen molar-refractivity contribution in [1.82, 2.24) is 9.88 Å². The van der Waals surface area contributed by atoms with Gasteiger partial charge in [0.15, 0.2) is 5.96 Å². The maximum atomic E-state index is 6.02. The molecule has 1 aromatic heterocycles. The number of aliphatic imine (C=N–C) groups is 1. The number of nitrogens with two attached hydrogens (primary N) is 1. The zero-order valence-electron chi connectivity index (χ0n) is 12.4. The Morgan fingerprint density at radius 1 is 1.30 bits per heavy atom. The lowest BCUT2D eigenvalue weighted by molar-refractivity contribution is 0.0674. The summed E-state index contributed by atoms with van der Waals surface area (Å²) in [6.07, 6.45) is 1.85. The average Bonchev–Trinajstić information content (AvgIpc) is 3.03. The molecular formula is C15H18ClIN4OS. The molecule has 2 heterocycles. The van der Waals surface area contributed by atoms with Crippen molar-refractivity contribution < 1.29 is 4.74 Å². The molecule has 8 heteroatoms. The van der Waals surface area contributed by atoms with Crippen LogP contribution < -0.4 is 5.73 Å². The second-order valence-corrected chi connectivity index (χ2v) is 6.46. The Labute approximate surface area is 161 Å². The molecular weight excluding hydrogens is 447 g/mol. The van der Waals surface area contributed by atoms with E-state index in [1.165, 1.54) is 0 Å². The summed E-state index contributed by atoms with van der Waals surface area (Å²) in [7, 11) is 0. The van der Waals surface area contributed by atoms with Crippen molar-refractivity contribution in [3.05, 3.63) is 40.4 Å². The van der Waals surface area contributed by atoms with E-state index in [9.17, 15) is 0 Å². The van der Waals surface area contributed by atoms with E-state index < -0.39 is 0 Å². The van der Waals surface area contributed by atoms with Gasteiger partial charge < -0.3 is 15.4 Å². The first-order valence-electron chi connectivity index (χ1n) is 7.05. The highest BCUT2D eigenvalue weighted by Gasteiger charge is 2.12. The highest BCUT2D eigenvalue weighted by Crippen LogP contribution is 2.26. The first kappa shape index (κ1) is 18.4. The van der Waals surface area contributed by atoms with Crippen LogP contribution >= 0.6 is 46.9 Å². The van der Waals surface area contributed by atoms with Crippen molar-refractivity contribution >= 4 is 52.9 Å². The summed E-state index contributed by atoms with van der Waals surface area (Å²) in [5, 5.41) is 1.69. The molecule has 0 saturated carbocycles. The molecule has 0 radical (unpaired) electrons. The molecule has 1 aromatic carbocycles. The molecule has 23 heavy (non-hydrogen) atoms. The molecule has 3 rings (SSSR count). The van der Waals surface area contributed by atoms with Crippen LogP contribution in [-0.2, 0) is 11.3 Å². The minimum absolute atomic E-state index is 0. The molecule has 0 aliphatic carbocycles. The number of benzene rings is 1. The number of guanidine groups is 1. The van der Waals surface area contributed by atoms with Crippen LogP contribution in [0.15, 0.2) is 35.5 Å². The summed E-state index contributed by atoms with van der Waals surface area (Å²) in [6, 6.07) is 7.67. The Morgan fingerprint density at radius 3 is 2.70 bits per heavy atom. The fourth-order valence-electron chi connectivity index (χ4n) is 2.16. The number of aromatic nitrogens is 1. The lowest BCUT2D eigenvalue weighted by Gasteiger charge is -2.27. The molecule has 0 unspecified atom stereocenters. The summed E-state index contributed by atoms with van der Waals surface area (Å²) in [5.41, 5.74) is 7.08. The van der Waals surface area contributed by atoms with Crippen molar-refractivity contribution in [2.24, 2.45) is 10.7 Å². The zero-order valence-corrected chi connectivity index (χ0v) is 16.3. The van der Waals surface area contributed by atoms with E-state index in [0.29, 0.717) is 25.7 Å². The van der Waals surface area contributed by atoms with Gasteiger partial charge in [0.2, 0.25) is 0 Å². The molecule has 0 spiro atoms. The lowest BCUT2D eigenvalue weighted by Crippen LogP contribution is -2.44. The Kier molecular flexibility index (Phi) is 7.07. The van der Waals surface area contributed by atoms with Crippen molar-refractivity contribution in [2.45, 2.75) is 6.54 Å². The molecule has 2 N–H and O–H groups in total. The third-order valence-electron chi connectivity index (χ3n) is 3.38. The van der Waals surface area contributed by atoms with Gasteiger partial charge in [-0.15, -0.1) is 35.3 Å². The number of rotatable bonds is 3. The Hall–Kier alpha value is -0.900. The van der Waals surface area contributed by atoms with Crippen LogP contribution in [0.4, 0.5) is 0 Å². The predicted octanol–water partition coefficient (Wildman–Crippen LogP) is 3.23. The van der Waals surface area contributed by atoms with Crippen LogP contribution in [-0.4, -0.2) is 42.1 Å². The third-order valence-corrected chi connectivity index (χ3v) is 4.66. The number of ether oxygens (including phenoxy) is 1. The van der Waals surface area contributed by atoms with Crippen LogP contribution in [0.1, 0.15) is 4.88 Å². The summed E-state index contributed by atoms with van der Waals surface area (Å²) < 4.78 is 5.30. The number of hydrogen-bond donors (Lipinski definition) is 1. The third kappa shape index (κ3) is 5.03. The molecule has 0 bridgehead atoms. The highest BCUT2D eigenvalue weighted by molar-refractivity contribution is 14.0. The number of morpholine rings is 1. The molecule has 5 nitrogen and oxygen atoms in total. The molecule has 1 saturated heterocycles. The standard InChI is InChI=1S/C15H17ClN4OS.HI/c16-12-3-1-11(2-4-12)14-18-9-13(22-14)10-19-15(17)20-5-7-21-8-6-20;/h1-4,9H,5-8,10H2,(H2,17,19);1H. The van der Waals surface area contributed by atoms with Crippen LogP contribution in [0.25, 0.3) is 10.6 Å². The van der Waals surface area contributed by atoms with Crippen molar-refractivity contribution in [3.8, 4) is 10.6 Å². The summed E-state index contributed by atoms with van der Waals surface area (Å²) in [5.74, 6) is 0.574. The van der Waals surface area contributed by atoms with E-state index >= 15 is 0 Å². The van der Waals surface area contributed by atoms with Crippen LogP contribution in [0, 0.1) is 0 Å². The molecule has 124 valence electrons. The topological polar surface area (TPSA) is 63.7 Å². The summed E-state index contributed by atoms with van der Waals surface area (Å²) in [4.78, 5) is 12.0. The van der Waals surface area contributed by atoms with E-state index in [1.54, 1.807) is 11.3 Å². The van der Waals surface area contributed by atoms with Gasteiger partial charge in [-0.1, -0.05) is 23.7 Å². The van der Waals surface area contributed by atoms with Gasteiger partial charge in [0.25, 0.3) is 0 Å². The van der Waals surface area contributed by atoms with Crippen molar-refractivity contribution in [1.29, 1.82) is 0 Å². The van der Waals surface area contributed by atoms with Crippen molar-refractivity contribution in [2.75, 3.05) is 26.3 Å². The van der Waals surface area contributed by atoms with Gasteiger partial charge in [0.1, 0.15) is 5.01 Å². The predicted molar refractivity (Wildman–Crippen MR) is 106 cm³/mol. The first-order chi connectivity index (χ1) is 10.7. The van der Waals surface area contributed by atoms with Crippen molar-refractivity contribution in [3.63, 3.8) is 0 Å². The minimum Gasteiger partial charge on any atom is -0.378 e. The number of thiazole rings is 1. The molecule has 0 atom stereocenters. The second-order valence-electron chi connectivity index (χ2n) is 4.91. The number of halogens is 2. The maximum absolute atomic E-state index is 6.02. The van der Waals surface area contributed by atoms with Gasteiger partial charge in [-0.05, 0) is 12.1 Å². The average molecular weight is 465 g/mol. The SMILES string of the molecule is I.NC(=NCc1cnc(-c2ccc(Cl)cc2)s1)N1CCOCC1. The van der Waals surface area contributed by atoms with E-state index in [1.807, 2.05) is 35.4 Å². The van der Waals surface area contributed by atoms with Crippen LogP contribution in [0.2, 0.25) is 5.02 Å². The molecule has 2 aromatic rings. The van der Waals surface area contributed by atoms with E-state index in [0.717, 1.165) is 33.6 Å². The van der Waals surface area contributed by atoms with E-state index in [4.69, 9.17) is 22.1 Å². The highest BCUT2D eigenvalue weighted by atomic mass is 127. The quantitative estimate of drug-likeness (QED) is 0.430. The fraction of sp³-hybridized carbons (Fsp3) is 0.333. The largest absolute Gasteiger partial charge is 0.378 e. The zero-order chi connectivity index (χ0) is 15.4. The Morgan fingerprint density at radius 2 is 2.00 bits per heavy atom. The first-order valence-corrected chi connectivity index (χ1v) is 8.25. The maximum Gasteiger partial charge on any atom is 0.191 e. The van der Waals surface area contributed by atoms with Gasteiger partial charge in [0.05, 0.1) is 19.8 Å². The van der Waals surface area contributed by atoms with E-state index in [-0.39, 0.29) is 24.0 Å².